The van der Waals surface area contributed by atoms with Crippen LogP contribution in [-0.4, -0.2) is 25.4 Å². The van der Waals surface area contributed by atoms with Crippen molar-refractivity contribution in [1.82, 2.24) is 0 Å². The minimum Gasteiger partial charge on any atom is -0.493 e. The standard InChI is InChI=1S/C19H21NO4/c1-14(21)15-9-11-16(12-10-15)20-19(22)8-5-13-24-18-7-4-3-6-17(18)23-2/h3-4,6-7,9-12H,5,8,13H2,1-2H3,(H,20,22). The van der Waals surface area contributed by atoms with Gasteiger partial charge in [-0.15, -0.1) is 0 Å². The van der Waals surface area contributed by atoms with E-state index in [2.05, 4.69) is 5.32 Å². The number of Topliss-reactive ketones (excluding diaryl/α,β-unsaturated/α-hetero) is 1. The molecular weight excluding hydrogens is 306 g/mol. The van der Waals surface area contributed by atoms with E-state index in [1.807, 2.05) is 24.3 Å². The molecule has 0 atom stereocenters. The molecule has 2 rings (SSSR count). The molecule has 1 amide bonds. The number of benzene rings is 2. The molecule has 2 aromatic rings. The summed E-state index contributed by atoms with van der Waals surface area (Å²) in [5, 5.41) is 2.80. The van der Waals surface area contributed by atoms with Gasteiger partial charge in [-0.05, 0) is 49.7 Å². The van der Waals surface area contributed by atoms with E-state index in [1.165, 1.54) is 6.92 Å². The predicted molar refractivity (Wildman–Crippen MR) is 92.8 cm³/mol. The van der Waals surface area contributed by atoms with Crippen molar-refractivity contribution in [2.24, 2.45) is 0 Å². The SMILES string of the molecule is COc1ccccc1OCCCC(=O)Nc1ccc(C(C)=O)cc1. The molecule has 0 saturated heterocycles. The average Bonchev–Trinajstić information content (AvgIpc) is 2.59. The van der Waals surface area contributed by atoms with Crippen molar-refractivity contribution < 1.29 is 19.1 Å². The number of hydrogen-bond acceptors (Lipinski definition) is 4. The number of ketones is 1. The maximum absolute atomic E-state index is 11.9. The molecule has 0 aliphatic carbocycles. The molecule has 1 N–H and O–H groups in total. The Morgan fingerprint density at radius 3 is 2.29 bits per heavy atom. The summed E-state index contributed by atoms with van der Waals surface area (Å²) in [7, 11) is 1.59. The highest BCUT2D eigenvalue weighted by atomic mass is 16.5. The van der Waals surface area contributed by atoms with Gasteiger partial charge in [0.05, 0.1) is 13.7 Å². The summed E-state index contributed by atoms with van der Waals surface area (Å²) in [6.07, 6.45) is 0.943. The van der Waals surface area contributed by atoms with Crippen LogP contribution in [0.2, 0.25) is 0 Å². The predicted octanol–water partition coefficient (Wildman–Crippen LogP) is 3.70. The number of carbonyl (C=O) groups excluding carboxylic acids is 2. The lowest BCUT2D eigenvalue weighted by Crippen LogP contribution is -2.13. The lowest BCUT2D eigenvalue weighted by atomic mass is 10.1. The minimum absolute atomic E-state index is 0.00126. The van der Waals surface area contributed by atoms with Gasteiger partial charge in [-0.1, -0.05) is 12.1 Å². The lowest BCUT2D eigenvalue weighted by Gasteiger charge is -2.10. The Kier molecular flexibility index (Phi) is 6.37. The van der Waals surface area contributed by atoms with Crippen LogP contribution in [0.25, 0.3) is 0 Å². The van der Waals surface area contributed by atoms with E-state index in [0.717, 1.165) is 0 Å². The van der Waals surface area contributed by atoms with Crippen LogP contribution in [0.5, 0.6) is 11.5 Å². The van der Waals surface area contributed by atoms with Crippen molar-refractivity contribution in [3.8, 4) is 11.5 Å². The molecular formula is C19H21NO4. The van der Waals surface area contributed by atoms with Gasteiger partial charge in [0, 0.05) is 17.7 Å². The van der Waals surface area contributed by atoms with E-state index in [9.17, 15) is 9.59 Å². The molecule has 0 radical (unpaired) electrons. The van der Waals surface area contributed by atoms with Crippen molar-refractivity contribution >= 4 is 17.4 Å². The molecule has 24 heavy (non-hydrogen) atoms. The zero-order valence-corrected chi connectivity index (χ0v) is 13.9. The monoisotopic (exact) mass is 327 g/mol. The Bertz CT molecular complexity index is 695. The number of hydrogen-bond donors (Lipinski definition) is 1. The molecule has 0 aliphatic heterocycles. The number of amides is 1. The number of para-hydroxylation sites is 2. The van der Waals surface area contributed by atoms with E-state index >= 15 is 0 Å². The first kappa shape index (κ1) is 17.5. The molecule has 0 bridgehead atoms. The molecule has 0 heterocycles. The largest absolute Gasteiger partial charge is 0.493 e. The number of methoxy groups -OCH3 is 1. The zero-order valence-electron chi connectivity index (χ0n) is 13.9. The quantitative estimate of drug-likeness (QED) is 0.593. The first-order chi connectivity index (χ1) is 11.6. The molecule has 126 valence electrons. The summed E-state index contributed by atoms with van der Waals surface area (Å²) in [5.41, 5.74) is 1.30. The second kappa shape index (κ2) is 8.72. The van der Waals surface area contributed by atoms with Gasteiger partial charge in [-0.2, -0.15) is 0 Å². The summed E-state index contributed by atoms with van der Waals surface area (Å²) < 4.78 is 10.8. The van der Waals surface area contributed by atoms with Crippen molar-refractivity contribution in [2.75, 3.05) is 19.0 Å². The van der Waals surface area contributed by atoms with Gasteiger partial charge >= 0.3 is 0 Å². The van der Waals surface area contributed by atoms with Crippen LogP contribution < -0.4 is 14.8 Å². The normalized spacial score (nSPS) is 10.1. The van der Waals surface area contributed by atoms with Gasteiger partial charge in [0.25, 0.3) is 0 Å². The Labute approximate surface area is 141 Å². The highest BCUT2D eigenvalue weighted by Gasteiger charge is 2.06. The van der Waals surface area contributed by atoms with Crippen LogP contribution in [0.3, 0.4) is 0 Å². The van der Waals surface area contributed by atoms with Crippen LogP contribution >= 0.6 is 0 Å². The molecule has 0 aromatic heterocycles. The maximum Gasteiger partial charge on any atom is 0.224 e. The van der Waals surface area contributed by atoms with Gasteiger partial charge < -0.3 is 14.8 Å². The molecule has 0 unspecified atom stereocenters. The third kappa shape index (κ3) is 5.12. The van der Waals surface area contributed by atoms with Gasteiger partial charge in [-0.3, -0.25) is 9.59 Å². The summed E-state index contributed by atoms with van der Waals surface area (Å²) in [6.45, 7) is 1.94. The zero-order chi connectivity index (χ0) is 17.4. The topological polar surface area (TPSA) is 64.6 Å². The first-order valence-electron chi connectivity index (χ1n) is 7.77. The van der Waals surface area contributed by atoms with Crippen LogP contribution in [-0.2, 0) is 4.79 Å². The Hall–Kier alpha value is -2.82. The lowest BCUT2D eigenvalue weighted by molar-refractivity contribution is -0.116. The van der Waals surface area contributed by atoms with E-state index in [1.54, 1.807) is 31.4 Å². The number of nitrogens with one attached hydrogen (secondary N) is 1. The molecule has 0 aliphatic rings. The fourth-order valence-electron chi connectivity index (χ4n) is 2.16. The molecule has 5 heteroatoms. The van der Waals surface area contributed by atoms with Crippen molar-refractivity contribution in [3.05, 3.63) is 54.1 Å². The Morgan fingerprint density at radius 2 is 1.67 bits per heavy atom. The van der Waals surface area contributed by atoms with Gasteiger partial charge in [0.15, 0.2) is 17.3 Å². The van der Waals surface area contributed by atoms with Crippen LogP contribution in [0.1, 0.15) is 30.1 Å². The Balaban J connectivity index is 1.74. The second-order valence-corrected chi connectivity index (χ2v) is 5.28. The van der Waals surface area contributed by atoms with Crippen molar-refractivity contribution in [1.29, 1.82) is 0 Å². The highest BCUT2D eigenvalue weighted by Crippen LogP contribution is 2.25. The summed E-state index contributed by atoms with van der Waals surface area (Å²) in [4.78, 5) is 23.1. The summed E-state index contributed by atoms with van der Waals surface area (Å²) in [6, 6.07) is 14.2. The summed E-state index contributed by atoms with van der Waals surface area (Å²) >= 11 is 0. The summed E-state index contributed by atoms with van der Waals surface area (Å²) in [5.74, 6) is 1.25. The Morgan fingerprint density at radius 1 is 1.00 bits per heavy atom. The first-order valence-corrected chi connectivity index (χ1v) is 7.77. The second-order valence-electron chi connectivity index (χ2n) is 5.28. The average molecular weight is 327 g/mol. The number of rotatable bonds is 8. The third-order valence-corrected chi connectivity index (χ3v) is 3.45. The number of carbonyl (C=O) groups is 2. The van der Waals surface area contributed by atoms with Gasteiger partial charge in [0.2, 0.25) is 5.91 Å². The van der Waals surface area contributed by atoms with Crippen LogP contribution in [0, 0.1) is 0 Å². The van der Waals surface area contributed by atoms with E-state index in [4.69, 9.17) is 9.47 Å². The van der Waals surface area contributed by atoms with Crippen molar-refractivity contribution in [2.45, 2.75) is 19.8 Å². The highest BCUT2D eigenvalue weighted by molar-refractivity contribution is 5.95. The van der Waals surface area contributed by atoms with Gasteiger partial charge in [-0.25, -0.2) is 0 Å². The molecule has 0 saturated carbocycles. The fourth-order valence-corrected chi connectivity index (χ4v) is 2.16. The van der Waals surface area contributed by atoms with Crippen LogP contribution in [0.15, 0.2) is 48.5 Å². The fraction of sp³-hybridized carbons (Fsp3) is 0.263. The number of ether oxygens (including phenoxy) is 2. The third-order valence-electron chi connectivity index (χ3n) is 3.45. The smallest absolute Gasteiger partial charge is 0.224 e. The van der Waals surface area contributed by atoms with Gasteiger partial charge in [0.1, 0.15) is 0 Å². The minimum atomic E-state index is -0.0887. The van der Waals surface area contributed by atoms with Crippen LogP contribution in [0.4, 0.5) is 5.69 Å². The molecule has 5 nitrogen and oxygen atoms in total. The molecule has 0 spiro atoms. The molecule has 2 aromatic carbocycles. The van der Waals surface area contributed by atoms with E-state index < -0.39 is 0 Å². The van der Waals surface area contributed by atoms with E-state index in [0.29, 0.717) is 42.2 Å². The number of anilines is 1. The maximum atomic E-state index is 11.9. The molecule has 0 fully saturated rings. The van der Waals surface area contributed by atoms with E-state index in [-0.39, 0.29) is 11.7 Å². The van der Waals surface area contributed by atoms with Crippen molar-refractivity contribution in [3.63, 3.8) is 0 Å².